The molecule has 0 aliphatic rings. The molecule has 3 rings (SSSR count). The zero-order chi connectivity index (χ0) is 14.8. The van der Waals surface area contributed by atoms with Crippen molar-refractivity contribution in [2.45, 2.75) is 13.1 Å². The van der Waals surface area contributed by atoms with E-state index in [0.29, 0.717) is 22.8 Å². The number of benzene rings is 1. The molecule has 2 N–H and O–H groups in total. The zero-order valence-electron chi connectivity index (χ0n) is 11.1. The van der Waals surface area contributed by atoms with Gasteiger partial charge in [0.15, 0.2) is 0 Å². The first-order chi connectivity index (χ1) is 10.2. The fourth-order valence-corrected chi connectivity index (χ4v) is 3.19. The van der Waals surface area contributed by atoms with Crippen LogP contribution in [0.15, 0.2) is 42.0 Å². The molecule has 0 aliphatic carbocycles. The van der Waals surface area contributed by atoms with E-state index in [4.69, 9.17) is 17.3 Å². The smallest absolute Gasteiger partial charge is 0.124 e. The van der Waals surface area contributed by atoms with Gasteiger partial charge in [-0.3, -0.25) is 0 Å². The highest BCUT2D eigenvalue weighted by molar-refractivity contribution is 7.09. The molecule has 3 aromatic rings. The Morgan fingerprint density at radius 1 is 1.33 bits per heavy atom. The molecule has 0 radical (unpaired) electrons. The number of nitrogens with zero attached hydrogens (tertiary/aromatic N) is 2. The van der Waals surface area contributed by atoms with E-state index in [1.807, 2.05) is 16.0 Å². The number of aromatic nitrogens is 2. The third kappa shape index (κ3) is 2.85. The van der Waals surface area contributed by atoms with Crippen molar-refractivity contribution in [3.05, 3.63) is 63.5 Å². The molecular weight excluding hydrogens is 309 g/mol. The summed E-state index contributed by atoms with van der Waals surface area (Å²) in [6.07, 6.45) is 1.75. The second kappa shape index (κ2) is 5.97. The lowest BCUT2D eigenvalue weighted by Gasteiger charge is -2.08. The molecule has 0 amide bonds. The number of imidazole rings is 1. The Kier molecular flexibility index (Phi) is 4.05. The van der Waals surface area contributed by atoms with Gasteiger partial charge in [0.2, 0.25) is 0 Å². The highest BCUT2D eigenvalue weighted by atomic mass is 35.5. The van der Waals surface area contributed by atoms with Gasteiger partial charge in [0.1, 0.15) is 5.82 Å². The van der Waals surface area contributed by atoms with Gasteiger partial charge in [-0.25, -0.2) is 9.37 Å². The molecule has 21 heavy (non-hydrogen) atoms. The molecule has 2 heterocycles. The largest absolute Gasteiger partial charge is 0.328 e. The molecule has 0 atom stereocenters. The van der Waals surface area contributed by atoms with Gasteiger partial charge in [0.25, 0.3) is 0 Å². The first kappa shape index (κ1) is 14.3. The van der Waals surface area contributed by atoms with E-state index >= 15 is 0 Å². The normalized spacial score (nSPS) is 11.0. The Morgan fingerprint density at radius 3 is 2.86 bits per heavy atom. The molecule has 0 saturated carbocycles. The van der Waals surface area contributed by atoms with Crippen LogP contribution in [-0.2, 0) is 13.1 Å². The van der Waals surface area contributed by atoms with E-state index in [0.717, 1.165) is 12.2 Å². The summed E-state index contributed by atoms with van der Waals surface area (Å²) in [7, 11) is 0. The van der Waals surface area contributed by atoms with E-state index < -0.39 is 0 Å². The van der Waals surface area contributed by atoms with E-state index in [9.17, 15) is 4.39 Å². The van der Waals surface area contributed by atoms with Gasteiger partial charge in [0.05, 0.1) is 29.3 Å². The van der Waals surface area contributed by atoms with Crippen LogP contribution in [0.3, 0.4) is 0 Å². The van der Waals surface area contributed by atoms with Gasteiger partial charge < -0.3 is 10.3 Å². The van der Waals surface area contributed by atoms with Gasteiger partial charge in [-0.15, -0.1) is 11.3 Å². The van der Waals surface area contributed by atoms with E-state index in [2.05, 4.69) is 11.1 Å². The summed E-state index contributed by atoms with van der Waals surface area (Å²) in [4.78, 5) is 5.63. The standard InChI is InChI=1S/C15H13ClFN3S/c16-13-6-10(17)3-4-12(13)15-14(7-18)20(9-19-15)8-11-2-1-5-21-11/h1-6,9H,7-8,18H2. The molecule has 0 spiro atoms. The van der Waals surface area contributed by atoms with Crippen molar-refractivity contribution >= 4 is 22.9 Å². The lowest BCUT2D eigenvalue weighted by Crippen LogP contribution is -2.08. The molecule has 0 saturated heterocycles. The van der Waals surface area contributed by atoms with Crippen LogP contribution in [0.4, 0.5) is 4.39 Å². The molecule has 108 valence electrons. The second-order valence-electron chi connectivity index (χ2n) is 4.58. The minimum absolute atomic E-state index is 0.339. The van der Waals surface area contributed by atoms with Gasteiger partial charge in [0, 0.05) is 17.0 Å². The van der Waals surface area contributed by atoms with Crippen LogP contribution in [0.25, 0.3) is 11.3 Å². The van der Waals surface area contributed by atoms with Crippen molar-refractivity contribution < 1.29 is 4.39 Å². The van der Waals surface area contributed by atoms with Gasteiger partial charge in [-0.05, 0) is 29.6 Å². The quantitative estimate of drug-likeness (QED) is 0.791. The Hall–Kier alpha value is -1.69. The lowest BCUT2D eigenvalue weighted by molar-refractivity contribution is 0.628. The van der Waals surface area contributed by atoms with Gasteiger partial charge in [-0.2, -0.15) is 0 Å². The number of rotatable bonds is 4. The lowest BCUT2D eigenvalue weighted by atomic mass is 10.1. The summed E-state index contributed by atoms with van der Waals surface area (Å²) in [5.74, 6) is -0.365. The number of halogens is 2. The average Bonchev–Trinajstić information content (AvgIpc) is 3.09. The molecule has 0 aliphatic heterocycles. The van der Waals surface area contributed by atoms with E-state index in [-0.39, 0.29) is 5.82 Å². The first-order valence-corrected chi connectivity index (χ1v) is 7.66. The van der Waals surface area contributed by atoms with Crippen LogP contribution in [0, 0.1) is 5.82 Å². The minimum Gasteiger partial charge on any atom is -0.328 e. The van der Waals surface area contributed by atoms with Crippen LogP contribution in [0.1, 0.15) is 10.6 Å². The van der Waals surface area contributed by atoms with Crippen LogP contribution in [0.5, 0.6) is 0 Å². The number of hydrogen-bond acceptors (Lipinski definition) is 3. The molecule has 6 heteroatoms. The van der Waals surface area contributed by atoms with Crippen LogP contribution in [-0.4, -0.2) is 9.55 Å². The Balaban J connectivity index is 2.01. The third-order valence-electron chi connectivity index (χ3n) is 3.23. The summed E-state index contributed by atoms with van der Waals surface area (Å²) < 4.78 is 15.2. The van der Waals surface area contributed by atoms with Crippen molar-refractivity contribution in [3.8, 4) is 11.3 Å². The third-order valence-corrected chi connectivity index (χ3v) is 4.41. The molecule has 2 aromatic heterocycles. The Morgan fingerprint density at radius 2 is 2.19 bits per heavy atom. The fourth-order valence-electron chi connectivity index (χ4n) is 2.23. The van der Waals surface area contributed by atoms with Crippen molar-refractivity contribution in [2.75, 3.05) is 0 Å². The Bertz CT molecular complexity index is 752. The zero-order valence-corrected chi connectivity index (χ0v) is 12.7. The van der Waals surface area contributed by atoms with Crippen molar-refractivity contribution in [1.82, 2.24) is 9.55 Å². The van der Waals surface area contributed by atoms with Crippen molar-refractivity contribution in [2.24, 2.45) is 5.73 Å². The molecule has 0 bridgehead atoms. The average molecular weight is 322 g/mol. The van der Waals surface area contributed by atoms with Gasteiger partial charge >= 0.3 is 0 Å². The molecule has 3 nitrogen and oxygen atoms in total. The molecule has 0 unspecified atom stereocenters. The minimum atomic E-state index is -0.365. The summed E-state index contributed by atoms with van der Waals surface area (Å²) >= 11 is 7.80. The number of nitrogens with two attached hydrogens (primary N) is 1. The molecule has 1 aromatic carbocycles. The fraction of sp³-hybridized carbons (Fsp3) is 0.133. The summed E-state index contributed by atoms with van der Waals surface area (Å²) in [5.41, 5.74) is 8.16. The summed E-state index contributed by atoms with van der Waals surface area (Å²) in [6.45, 7) is 1.06. The first-order valence-electron chi connectivity index (χ1n) is 6.41. The maximum absolute atomic E-state index is 13.2. The number of hydrogen-bond donors (Lipinski definition) is 1. The molecule has 0 fully saturated rings. The van der Waals surface area contributed by atoms with Crippen molar-refractivity contribution in [1.29, 1.82) is 0 Å². The molecular formula is C15H13ClFN3S. The van der Waals surface area contributed by atoms with Crippen LogP contribution in [0.2, 0.25) is 5.02 Å². The monoisotopic (exact) mass is 321 g/mol. The summed E-state index contributed by atoms with van der Waals surface area (Å²) in [5, 5.41) is 2.37. The predicted molar refractivity (Wildman–Crippen MR) is 83.9 cm³/mol. The van der Waals surface area contributed by atoms with Crippen LogP contribution < -0.4 is 5.73 Å². The maximum atomic E-state index is 13.2. The van der Waals surface area contributed by atoms with Gasteiger partial charge in [-0.1, -0.05) is 17.7 Å². The number of thiophene rings is 1. The highest BCUT2D eigenvalue weighted by Gasteiger charge is 2.15. The topological polar surface area (TPSA) is 43.8 Å². The summed E-state index contributed by atoms with van der Waals surface area (Å²) in [6, 6.07) is 8.37. The van der Waals surface area contributed by atoms with Crippen molar-refractivity contribution in [3.63, 3.8) is 0 Å². The Labute approximate surface area is 130 Å². The van der Waals surface area contributed by atoms with E-state index in [1.54, 1.807) is 23.7 Å². The maximum Gasteiger partial charge on any atom is 0.124 e. The van der Waals surface area contributed by atoms with Crippen LogP contribution >= 0.6 is 22.9 Å². The predicted octanol–water partition coefficient (Wildman–Crippen LogP) is 3.91. The van der Waals surface area contributed by atoms with E-state index in [1.165, 1.54) is 17.0 Å². The highest BCUT2D eigenvalue weighted by Crippen LogP contribution is 2.30. The SMILES string of the molecule is NCc1c(-c2ccc(F)cc2Cl)ncn1Cc1cccs1. The second-order valence-corrected chi connectivity index (χ2v) is 6.01.